The Morgan fingerprint density at radius 3 is 1.00 bits per heavy atom. The van der Waals surface area contributed by atoms with E-state index < -0.39 is 26.5 Å². The first kappa shape index (κ1) is 72.8. The highest BCUT2D eigenvalue weighted by molar-refractivity contribution is 7.45. The Bertz CT molecular complexity index is 1260. The Kier molecular flexibility index (Phi) is 55.5. The summed E-state index contributed by atoms with van der Waals surface area (Å²) in [6.07, 6.45) is 67.2. The van der Waals surface area contributed by atoms with Gasteiger partial charge in [-0.3, -0.25) is 14.2 Å². The van der Waals surface area contributed by atoms with Crippen LogP contribution < -0.4 is 4.89 Å². The van der Waals surface area contributed by atoms with E-state index in [0.29, 0.717) is 17.4 Å². The van der Waals surface area contributed by atoms with E-state index in [2.05, 4.69) is 26.0 Å². The highest BCUT2D eigenvalue weighted by Gasteiger charge is 2.22. The van der Waals surface area contributed by atoms with Crippen molar-refractivity contribution in [2.45, 2.75) is 341 Å². The van der Waals surface area contributed by atoms with Gasteiger partial charge in [-0.2, -0.15) is 0 Å². The van der Waals surface area contributed by atoms with Crippen molar-refractivity contribution in [1.82, 2.24) is 0 Å². The zero-order valence-electron chi connectivity index (χ0n) is 50.1. The molecule has 0 N–H and O–H groups in total. The maximum atomic E-state index is 12.8. The molecule has 0 spiro atoms. The van der Waals surface area contributed by atoms with Crippen LogP contribution in [0, 0.1) is 0 Å². The number of rotatable bonds is 61. The number of phosphoric acid groups is 1. The van der Waals surface area contributed by atoms with Crippen LogP contribution in [0.3, 0.4) is 0 Å². The summed E-state index contributed by atoms with van der Waals surface area (Å²) in [5.74, 6) is -0.818. The molecule has 10 heteroatoms. The Morgan fingerprint density at radius 1 is 0.405 bits per heavy atom. The molecule has 0 aromatic carbocycles. The van der Waals surface area contributed by atoms with Crippen LogP contribution in [0.25, 0.3) is 0 Å². The van der Waals surface area contributed by atoms with Crippen LogP contribution in [0.5, 0.6) is 0 Å². The number of esters is 2. The number of likely N-dealkylation sites (N-methyl/N-ethyl adjacent to an activating group) is 1. The molecule has 0 aliphatic carbocycles. The SMILES string of the molecule is CCCCCCCCC/C=C\CCCCCCCCCC(=O)OC(COC(=O)CCCCCCCCCCCCCCCCCCCCCCCCCCCCCCCCCC)COP(=O)([O-])OCC[N+](C)(C)C. The smallest absolute Gasteiger partial charge is 0.306 e. The molecule has 440 valence electrons. The van der Waals surface area contributed by atoms with Gasteiger partial charge in [-0.15, -0.1) is 0 Å². The molecule has 9 nitrogen and oxygen atoms in total. The van der Waals surface area contributed by atoms with E-state index in [9.17, 15) is 19.0 Å². The third-order valence-electron chi connectivity index (χ3n) is 14.8. The molecule has 0 amide bonds. The summed E-state index contributed by atoms with van der Waals surface area (Å²) in [6.45, 7) is 4.30. The van der Waals surface area contributed by atoms with Crippen molar-refractivity contribution in [3.05, 3.63) is 12.2 Å². The minimum Gasteiger partial charge on any atom is -0.756 e. The molecule has 74 heavy (non-hydrogen) atoms. The van der Waals surface area contributed by atoms with Gasteiger partial charge < -0.3 is 27.9 Å². The van der Waals surface area contributed by atoms with E-state index >= 15 is 0 Å². The Hall–Kier alpha value is -1.25. The fourth-order valence-corrected chi connectivity index (χ4v) is 10.5. The van der Waals surface area contributed by atoms with E-state index in [-0.39, 0.29) is 32.0 Å². The second-order valence-corrected chi connectivity index (χ2v) is 24.9. The van der Waals surface area contributed by atoms with Gasteiger partial charge in [-0.1, -0.05) is 296 Å². The van der Waals surface area contributed by atoms with Crippen LogP contribution in [0.2, 0.25) is 0 Å². The van der Waals surface area contributed by atoms with Crippen molar-refractivity contribution < 1.29 is 42.1 Å². The molecule has 2 atom stereocenters. The molecular weight excluding hydrogens is 942 g/mol. The van der Waals surface area contributed by atoms with Gasteiger partial charge in [0.15, 0.2) is 6.10 Å². The van der Waals surface area contributed by atoms with E-state index in [1.165, 1.54) is 257 Å². The summed E-state index contributed by atoms with van der Waals surface area (Å²) in [5, 5.41) is 0. The van der Waals surface area contributed by atoms with Crippen molar-refractivity contribution in [1.29, 1.82) is 0 Å². The molecule has 0 saturated carbocycles. The van der Waals surface area contributed by atoms with Crippen LogP contribution in [-0.2, 0) is 32.7 Å². The van der Waals surface area contributed by atoms with E-state index in [1.807, 2.05) is 21.1 Å². The van der Waals surface area contributed by atoms with Crippen LogP contribution in [0.15, 0.2) is 12.2 Å². The number of allylic oxidation sites excluding steroid dienone is 2. The molecule has 0 bridgehead atoms. The molecule has 0 rings (SSSR count). The molecule has 0 fully saturated rings. The van der Waals surface area contributed by atoms with Gasteiger partial charge in [0.25, 0.3) is 7.82 Å². The zero-order chi connectivity index (χ0) is 54.2. The Balaban J connectivity index is 3.97. The topological polar surface area (TPSA) is 111 Å². The highest BCUT2D eigenvalue weighted by Crippen LogP contribution is 2.38. The minimum atomic E-state index is -4.63. The van der Waals surface area contributed by atoms with Gasteiger partial charge in [0, 0.05) is 12.8 Å². The number of quaternary nitrogens is 1. The van der Waals surface area contributed by atoms with Crippen molar-refractivity contribution in [2.75, 3.05) is 47.5 Å². The summed E-state index contributed by atoms with van der Waals surface area (Å²) in [7, 11) is 1.18. The largest absolute Gasteiger partial charge is 0.756 e. The molecule has 0 heterocycles. The average molecular weight is 1070 g/mol. The first-order valence-corrected chi connectivity index (χ1v) is 33.9. The van der Waals surface area contributed by atoms with Crippen molar-refractivity contribution in [2.24, 2.45) is 0 Å². The number of nitrogens with zero attached hydrogens (tertiary/aromatic N) is 1. The Morgan fingerprint density at radius 2 is 0.689 bits per heavy atom. The summed E-state index contributed by atoms with van der Waals surface area (Å²) >= 11 is 0. The number of hydrogen-bond donors (Lipinski definition) is 0. The summed E-state index contributed by atoms with van der Waals surface area (Å²) in [4.78, 5) is 37.9. The molecule has 0 aliphatic heterocycles. The first-order valence-electron chi connectivity index (χ1n) is 32.4. The maximum Gasteiger partial charge on any atom is 0.306 e. The number of carbonyl (C=O) groups is 2. The first-order chi connectivity index (χ1) is 36.0. The lowest BCUT2D eigenvalue weighted by Gasteiger charge is -2.28. The third-order valence-corrected chi connectivity index (χ3v) is 15.7. The second kappa shape index (κ2) is 56.5. The van der Waals surface area contributed by atoms with Crippen LogP contribution >= 0.6 is 7.82 Å². The van der Waals surface area contributed by atoms with E-state index in [4.69, 9.17) is 18.5 Å². The van der Waals surface area contributed by atoms with Crippen molar-refractivity contribution >= 4 is 19.8 Å². The molecule has 0 aromatic rings. The van der Waals surface area contributed by atoms with Gasteiger partial charge in [-0.05, 0) is 38.5 Å². The van der Waals surface area contributed by atoms with Gasteiger partial charge in [0.2, 0.25) is 0 Å². The van der Waals surface area contributed by atoms with Gasteiger partial charge in [-0.25, -0.2) is 0 Å². The lowest BCUT2D eigenvalue weighted by molar-refractivity contribution is -0.870. The molecule has 0 radical (unpaired) electrons. The monoisotopic (exact) mass is 1070 g/mol. The lowest BCUT2D eigenvalue weighted by atomic mass is 10.0. The van der Waals surface area contributed by atoms with Crippen LogP contribution in [0.4, 0.5) is 0 Å². The van der Waals surface area contributed by atoms with Gasteiger partial charge in [0.1, 0.15) is 19.8 Å². The number of hydrogen-bond acceptors (Lipinski definition) is 8. The molecule has 2 unspecified atom stereocenters. The number of carbonyl (C=O) groups excluding carboxylic acids is 2. The predicted octanol–water partition coefficient (Wildman–Crippen LogP) is 19.8. The van der Waals surface area contributed by atoms with Crippen LogP contribution in [0.1, 0.15) is 335 Å². The summed E-state index contributed by atoms with van der Waals surface area (Å²) in [5.41, 5.74) is 0. The molecule has 0 saturated heterocycles. The molecule has 0 aromatic heterocycles. The lowest BCUT2D eigenvalue weighted by Crippen LogP contribution is -2.37. The highest BCUT2D eigenvalue weighted by atomic mass is 31.2. The van der Waals surface area contributed by atoms with Crippen molar-refractivity contribution in [3.63, 3.8) is 0 Å². The fourth-order valence-electron chi connectivity index (χ4n) is 9.77. The number of phosphoric ester groups is 1. The number of unbranched alkanes of at least 4 members (excludes halogenated alkanes) is 45. The standard InChI is InChI=1S/C64H126NO8P/c1-6-8-10-12-14-16-18-20-22-24-26-27-28-29-30-31-32-33-34-35-36-37-38-39-41-42-44-46-48-50-52-54-56-63(66)70-60-62(61-72-74(68,69)71-59-58-65(3,4)5)73-64(67)57-55-53-51-49-47-45-43-40-25-23-21-19-17-15-13-11-9-7-2/h23,25,62H,6-22,24,26-61H2,1-5H3/b25-23-. The second-order valence-electron chi connectivity index (χ2n) is 23.5. The third kappa shape index (κ3) is 60.0. The fraction of sp³-hybridized carbons (Fsp3) is 0.938. The maximum absolute atomic E-state index is 12.8. The zero-order valence-corrected chi connectivity index (χ0v) is 51.0. The Labute approximate surface area is 460 Å². The van der Waals surface area contributed by atoms with Crippen molar-refractivity contribution in [3.8, 4) is 0 Å². The number of ether oxygens (including phenoxy) is 2. The molecular formula is C64H126NO8P. The quantitative estimate of drug-likeness (QED) is 0.0195. The van der Waals surface area contributed by atoms with Gasteiger partial charge >= 0.3 is 11.9 Å². The molecule has 0 aliphatic rings. The van der Waals surface area contributed by atoms with Crippen LogP contribution in [-0.4, -0.2) is 70.0 Å². The predicted molar refractivity (Wildman–Crippen MR) is 315 cm³/mol. The normalized spacial score (nSPS) is 13.2. The minimum absolute atomic E-state index is 0.0279. The summed E-state index contributed by atoms with van der Waals surface area (Å²) in [6, 6.07) is 0. The van der Waals surface area contributed by atoms with E-state index in [1.54, 1.807) is 0 Å². The summed E-state index contributed by atoms with van der Waals surface area (Å²) < 4.78 is 34.2. The van der Waals surface area contributed by atoms with Gasteiger partial charge in [0.05, 0.1) is 27.7 Å². The average Bonchev–Trinajstić information content (AvgIpc) is 3.36. The van der Waals surface area contributed by atoms with E-state index in [0.717, 1.165) is 44.9 Å².